The summed E-state index contributed by atoms with van der Waals surface area (Å²) in [4.78, 5) is 21.1. The maximum absolute atomic E-state index is 10.7. The van der Waals surface area contributed by atoms with Crippen LogP contribution in [0.3, 0.4) is 0 Å². The maximum Gasteiger partial charge on any atom is 0.221 e. The predicted molar refractivity (Wildman–Crippen MR) is 53.8 cm³/mol. The fourth-order valence-corrected chi connectivity index (χ4v) is 1.38. The van der Waals surface area contributed by atoms with Gasteiger partial charge < -0.3 is 5.32 Å². The van der Waals surface area contributed by atoms with Gasteiger partial charge in [-0.2, -0.15) is 0 Å². The number of carbonyl (C=O) groups is 2. The van der Waals surface area contributed by atoms with Crippen LogP contribution in [0.15, 0.2) is 22.7 Å². The number of hydrogen-bond donors (Lipinski definition) is 1. The zero-order chi connectivity index (χ0) is 9.84. The Morgan fingerprint density at radius 2 is 2.23 bits per heavy atom. The van der Waals surface area contributed by atoms with Crippen molar-refractivity contribution < 1.29 is 9.59 Å². The van der Waals surface area contributed by atoms with Gasteiger partial charge in [0.05, 0.1) is 0 Å². The Morgan fingerprint density at radius 1 is 1.54 bits per heavy atom. The summed E-state index contributed by atoms with van der Waals surface area (Å²) in [7, 11) is 0. The molecule has 1 aromatic rings. The van der Waals surface area contributed by atoms with Crippen LogP contribution in [0.5, 0.6) is 0 Å². The first-order valence-electron chi connectivity index (χ1n) is 3.66. The molecule has 3 nitrogen and oxygen atoms in total. The van der Waals surface area contributed by atoms with Gasteiger partial charge in [0, 0.05) is 22.6 Å². The SMILES string of the molecule is CC(=O)Nc1ccc(C=O)c(Br)c1. The first-order valence-corrected chi connectivity index (χ1v) is 4.45. The van der Waals surface area contributed by atoms with Crippen LogP contribution < -0.4 is 5.32 Å². The molecule has 0 aliphatic rings. The molecular formula is C9H8BrNO2. The molecule has 1 amide bonds. The number of anilines is 1. The molecule has 0 aromatic heterocycles. The van der Waals surface area contributed by atoms with Crippen LogP contribution in [0.4, 0.5) is 5.69 Å². The van der Waals surface area contributed by atoms with Crippen LogP contribution in [-0.4, -0.2) is 12.2 Å². The van der Waals surface area contributed by atoms with Crippen molar-refractivity contribution in [2.24, 2.45) is 0 Å². The van der Waals surface area contributed by atoms with E-state index in [1.165, 1.54) is 6.92 Å². The van der Waals surface area contributed by atoms with Crippen LogP contribution in [0.2, 0.25) is 0 Å². The highest BCUT2D eigenvalue weighted by atomic mass is 79.9. The van der Waals surface area contributed by atoms with Crippen molar-refractivity contribution in [1.82, 2.24) is 0 Å². The highest BCUT2D eigenvalue weighted by Crippen LogP contribution is 2.19. The molecular weight excluding hydrogens is 234 g/mol. The lowest BCUT2D eigenvalue weighted by Gasteiger charge is -2.03. The minimum Gasteiger partial charge on any atom is -0.326 e. The molecule has 0 atom stereocenters. The summed E-state index contributed by atoms with van der Waals surface area (Å²) in [6.07, 6.45) is 0.752. The Bertz CT molecular complexity index is 349. The third-order valence-corrected chi connectivity index (χ3v) is 2.13. The van der Waals surface area contributed by atoms with E-state index in [1.54, 1.807) is 18.2 Å². The topological polar surface area (TPSA) is 46.2 Å². The van der Waals surface area contributed by atoms with E-state index in [0.29, 0.717) is 15.7 Å². The molecule has 0 unspecified atom stereocenters. The van der Waals surface area contributed by atoms with Crippen LogP contribution in [0.25, 0.3) is 0 Å². The molecule has 0 radical (unpaired) electrons. The van der Waals surface area contributed by atoms with Crippen molar-refractivity contribution in [2.45, 2.75) is 6.92 Å². The molecule has 0 saturated carbocycles. The Balaban J connectivity index is 2.95. The number of hydrogen-bond acceptors (Lipinski definition) is 2. The average molecular weight is 242 g/mol. The zero-order valence-corrected chi connectivity index (χ0v) is 8.59. The quantitative estimate of drug-likeness (QED) is 0.808. The fourth-order valence-electron chi connectivity index (χ4n) is 0.904. The van der Waals surface area contributed by atoms with E-state index in [0.717, 1.165) is 6.29 Å². The number of nitrogens with one attached hydrogen (secondary N) is 1. The van der Waals surface area contributed by atoms with E-state index in [-0.39, 0.29) is 5.91 Å². The van der Waals surface area contributed by atoms with E-state index >= 15 is 0 Å². The summed E-state index contributed by atoms with van der Waals surface area (Å²) in [6.45, 7) is 1.43. The summed E-state index contributed by atoms with van der Waals surface area (Å²) in [5.41, 5.74) is 1.24. The van der Waals surface area contributed by atoms with E-state index < -0.39 is 0 Å². The molecule has 1 aromatic carbocycles. The van der Waals surface area contributed by atoms with Crippen LogP contribution in [0.1, 0.15) is 17.3 Å². The molecule has 0 spiro atoms. The predicted octanol–water partition coefficient (Wildman–Crippen LogP) is 2.22. The summed E-state index contributed by atoms with van der Waals surface area (Å²) in [5.74, 6) is -0.134. The molecule has 0 heterocycles. The van der Waals surface area contributed by atoms with Gasteiger partial charge in [0.25, 0.3) is 0 Å². The second kappa shape index (κ2) is 4.18. The third kappa shape index (κ3) is 2.66. The number of carbonyl (C=O) groups excluding carboxylic acids is 2. The summed E-state index contributed by atoms with van der Waals surface area (Å²) < 4.78 is 0.675. The Labute approximate surface area is 84.3 Å². The van der Waals surface area contributed by atoms with E-state index in [2.05, 4.69) is 21.2 Å². The molecule has 0 fully saturated rings. The smallest absolute Gasteiger partial charge is 0.221 e. The molecule has 13 heavy (non-hydrogen) atoms. The summed E-state index contributed by atoms with van der Waals surface area (Å²) in [6, 6.07) is 5.00. The van der Waals surface area contributed by atoms with E-state index in [4.69, 9.17) is 0 Å². The molecule has 1 rings (SSSR count). The number of halogens is 1. The van der Waals surface area contributed by atoms with Gasteiger partial charge in [-0.15, -0.1) is 0 Å². The Kier molecular flexibility index (Phi) is 3.19. The maximum atomic E-state index is 10.7. The second-order valence-electron chi connectivity index (χ2n) is 2.54. The summed E-state index contributed by atoms with van der Waals surface area (Å²) >= 11 is 3.21. The van der Waals surface area contributed by atoms with Crippen molar-refractivity contribution >= 4 is 33.8 Å². The molecule has 0 saturated heterocycles. The molecule has 1 N–H and O–H groups in total. The van der Waals surface area contributed by atoms with Gasteiger partial charge in [-0.05, 0) is 34.1 Å². The minimum absolute atomic E-state index is 0.134. The monoisotopic (exact) mass is 241 g/mol. The lowest BCUT2D eigenvalue weighted by molar-refractivity contribution is -0.114. The van der Waals surface area contributed by atoms with E-state index in [9.17, 15) is 9.59 Å². The molecule has 68 valence electrons. The first-order chi connectivity index (χ1) is 6.13. The lowest BCUT2D eigenvalue weighted by Crippen LogP contribution is -2.05. The Morgan fingerprint density at radius 3 is 2.69 bits per heavy atom. The van der Waals surface area contributed by atoms with Gasteiger partial charge in [0.2, 0.25) is 5.91 Å². The van der Waals surface area contributed by atoms with Crippen LogP contribution in [0, 0.1) is 0 Å². The fraction of sp³-hybridized carbons (Fsp3) is 0.111. The average Bonchev–Trinajstić information content (AvgIpc) is 2.03. The van der Waals surface area contributed by atoms with Gasteiger partial charge in [0.1, 0.15) is 0 Å². The Hall–Kier alpha value is -1.16. The highest BCUT2D eigenvalue weighted by molar-refractivity contribution is 9.10. The van der Waals surface area contributed by atoms with Crippen molar-refractivity contribution in [3.8, 4) is 0 Å². The molecule has 0 aliphatic carbocycles. The van der Waals surface area contributed by atoms with Gasteiger partial charge in [-0.3, -0.25) is 9.59 Å². The number of amides is 1. The number of aldehydes is 1. The second-order valence-corrected chi connectivity index (χ2v) is 3.39. The largest absolute Gasteiger partial charge is 0.326 e. The number of rotatable bonds is 2. The molecule has 0 bridgehead atoms. The normalized spacial score (nSPS) is 9.38. The van der Waals surface area contributed by atoms with Gasteiger partial charge >= 0.3 is 0 Å². The lowest BCUT2D eigenvalue weighted by atomic mass is 10.2. The van der Waals surface area contributed by atoms with Crippen molar-refractivity contribution in [3.63, 3.8) is 0 Å². The van der Waals surface area contributed by atoms with Gasteiger partial charge in [-0.25, -0.2) is 0 Å². The van der Waals surface area contributed by atoms with Crippen LogP contribution >= 0.6 is 15.9 Å². The molecule has 4 heteroatoms. The molecule has 0 aliphatic heterocycles. The zero-order valence-electron chi connectivity index (χ0n) is 7.00. The minimum atomic E-state index is -0.134. The van der Waals surface area contributed by atoms with Crippen molar-refractivity contribution in [1.29, 1.82) is 0 Å². The number of benzene rings is 1. The first kappa shape index (κ1) is 9.92. The van der Waals surface area contributed by atoms with Crippen molar-refractivity contribution in [3.05, 3.63) is 28.2 Å². The highest BCUT2D eigenvalue weighted by Gasteiger charge is 2.00. The third-order valence-electron chi connectivity index (χ3n) is 1.45. The van der Waals surface area contributed by atoms with Gasteiger partial charge in [0.15, 0.2) is 6.29 Å². The standard InChI is InChI=1S/C9H8BrNO2/c1-6(13)11-8-3-2-7(5-12)9(10)4-8/h2-5H,1H3,(H,11,13). The van der Waals surface area contributed by atoms with E-state index in [1.807, 2.05) is 0 Å². The van der Waals surface area contributed by atoms with Gasteiger partial charge in [-0.1, -0.05) is 0 Å². The van der Waals surface area contributed by atoms with Crippen LogP contribution in [-0.2, 0) is 4.79 Å². The summed E-state index contributed by atoms with van der Waals surface area (Å²) in [5, 5.41) is 2.61. The van der Waals surface area contributed by atoms with Crippen molar-refractivity contribution in [2.75, 3.05) is 5.32 Å².